The van der Waals surface area contributed by atoms with Crippen molar-refractivity contribution < 1.29 is 9.47 Å². The zero-order chi connectivity index (χ0) is 16.3. The van der Waals surface area contributed by atoms with Crippen molar-refractivity contribution in [3.05, 3.63) is 0 Å². The highest BCUT2D eigenvalue weighted by molar-refractivity contribution is 5.79. The SMILES string of the molecule is CCNC(=NCCCOC1CCOC1)NCCN(CC)C1CC1. The van der Waals surface area contributed by atoms with Gasteiger partial charge in [-0.25, -0.2) is 0 Å². The first-order valence-corrected chi connectivity index (χ1v) is 9.29. The first kappa shape index (κ1) is 18.5. The Kier molecular flexibility index (Phi) is 8.71. The van der Waals surface area contributed by atoms with Crippen LogP contribution in [0.3, 0.4) is 0 Å². The van der Waals surface area contributed by atoms with Crippen LogP contribution in [0.15, 0.2) is 4.99 Å². The fourth-order valence-electron chi connectivity index (χ4n) is 2.85. The lowest BCUT2D eigenvalue weighted by atomic mass is 10.3. The third-order valence-corrected chi connectivity index (χ3v) is 4.32. The predicted octanol–water partition coefficient (Wildman–Crippen LogP) is 1.22. The maximum Gasteiger partial charge on any atom is 0.191 e. The molecule has 0 aromatic heterocycles. The van der Waals surface area contributed by atoms with Gasteiger partial charge in [-0.05, 0) is 39.2 Å². The minimum atomic E-state index is 0.299. The molecule has 0 bridgehead atoms. The number of hydrogen-bond acceptors (Lipinski definition) is 4. The van der Waals surface area contributed by atoms with Crippen molar-refractivity contribution in [1.82, 2.24) is 15.5 Å². The molecule has 2 aliphatic rings. The molecule has 6 nitrogen and oxygen atoms in total. The molecule has 1 saturated carbocycles. The highest BCUT2D eigenvalue weighted by Crippen LogP contribution is 2.25. The molecule has 1 atom stereocenters. The van der Waals surface area contributed by atoms with E-state index >= 15 is 0 Å². The Hall–Kier alpha value is -0.850. The zero-order valence-corrected chi connectivity index (χ0v) is 14.9. The van der Waals surface area contributed by atoms with Crippen molar-refractivity contribution in [3.63, 3.8) is 0 Å². The van der Waals surface area contributed by atoms with E-state index in [1.165, 1.54) is 12.8 Å². The maximum atomic E-state index is 5.76. The minimum Gasteiger partial charge on any atom is -0.379 e. The van der Waals surface area contributed by atoms with Gasteiger partial charge in [0.25, 0.3) is 0 Å². The lowest BCUT2D eigenvalue weighted by molar-refractivity contribution is 0.0424. The molecule has 23 heavy (non-hydrogen) atoms. The molecule has 2 N–H and O–H groups in total. The van der Waals surface area contributed by atoms with Crippen LogP contribution in [-0.4, -0.2) is 75.5 Å². The van der Waals surface area contributed by atoms with E-state index in [0.29, 0.717) is 6.10 Å². The number of aliphatic imine (C=N–C) groups is 1. The molecule has 2 rings (SSSR count). The third-order valence-electron chi connectivity index (χ3n) is 4.32. The molecule has 1 saturated heterocycles. The monoisotopic (exact) mass is 326 g/mol. The van der Waals surface area contributed by atoms with Gasteiger partial charge in [-0.3, -0.25) is 9.89 Å². The van der Waals surface area contributed by atoms with Crippen LogP contribution in [-0.2, 0) is 9.47 Å². The second kappa shape index (κ2) is 10.8. The molecule has 0 spiro atoms. The van der Waals surface area contributed by atoms with Gasteiger partial charge < -0.3 is 20.1 Å². The van der Waals surface area contributed by atoms with Gasteiger partial charge in [-0.15, -0.1) is 0 Å². The summed E-state index contributed by atoms with van der Waals surface area (Å²) in [6, 6.07) is 0.832. The largest absolute Gasteiger partial charge is 0.379 e. The second-order valence-electron chi connectivity index (χ2n) is 6.26. The van der Waals surface area contributed by atoms with Crippen LogP contribution < -0.4 is 10.6 Å². The van der Waals surface area contributed by atoms with Crippen LogP contribution in [0.25, 0.3) is 0 Å². The molecule has 2 fully saturated rings. The summed E-state index contributed by atoms with van der Waals surface area (Å²) in [5, 5.41) is 6.75. The van der Waals surface area contributed by atoms with Gasteiger partial charge in [-0.2, -0.15) is 0 Å². The van der Waals surface area contributed by atoms with E-state index in [-0.39, 0.29) is 0 Å². The highest BCUT2D eigenvalue weighted by atomic mass is 16.5. The van der Waals surface area contributed by atoms with Crippen LogP contribution in [0, 0.1) is 0 Å². The summed E-state index contributed by atoms with van der Waals surface area (Å²) in [7, 11) is 0. The molecule has 1 heterocycles. The molecule has 6 heteroatoms. The van der Waals surface area contributed by atoms with Crippen molar-refractivity contribution in [2.45, 2.75) is 51.7 Å². The molecule has 134 valence electrons. The summed E-state index contributed by atoms with van der Waals surface area (Å²) in [6.07, 6.45) is 5.02. The lowest BCUT2D eigenvalue weighted by Crippen LogP contribution is -2.42. The number of nitrogens with one attached hydrogen (secondary N) is 2. The van der Waals surface area contributed by atoms with Crippen LogP contribution in [0.1, 0.15) is 39.5 Å². The maximum absolute atomic E-state index is 5.76. The first-order valence-electron chi connectivity index (χ1n) is 9.29. The fraction of sp³-hybridized carbons (Fsp3) is 0.941. The van der Waals surface area contributed by atoms with E-state index in [2.05, 4.69) is 34.4 Å². The minimum absolute atomic E-state index is 0.299. The van der Waals surface area contributed by atoms with Crippen molar-refractivity contribution in [2.24, 2.45) is 4.99 Å². The molecule has 0 radical (unpaired) electrons. The Morgan fingerprint density at radius 2 is 2.13 bits per heavy atom. The summed E-state index contributed by atoms with van der Waals surface area (Å²) in [5.41, 5.74) is 0. The first-order chi connectivity index (χ1) is 11.3. The summed E-state index contributed by atoms with van der Waals surface area (Å²) in [6.45, 7) is 11.6. The average Bonchev–Trinajstić information content (AvgIpc) is 3.27. The fourth-order valence-corrected chi connectivity index (χ4v) is 2.85. The van der Waals surface area contributed by atoms with Crippen molar-refractivity contribution in [2.75, 3.05) is 52.5 Å². The molecule has 1 aliphatic heterocycles. The summed E-state index contributed by atoms with van der Waals surface area (Å²) < 4.78 is 11.1. The summed E-state index contributed by atoms with van der Waals surface area (Å²) in [5.74, 6) is 0.920. The van der Waals surface area contributed by atoms with Gasteiger partial charge in [0.1, 0.15) is 0 Å². The topological polar surface area (TPSA) is 58.1 Å². The van der Waals surface area contributed by atoms with Crippen molar-refractivity contribution in [3.8, 4) is 0 Å². The molecule has 0 amide bonds. The number of hydrogen-bond donors (Lipinski definition) is 2. The van der Waals surface area contributed by atoms with E-state index < -0.39 is 0 Å². The molecule has 1 unspecified atom stereocenters. The second-order valence-corrected chi connectivity index (χ2v) is 6.26. The Morgan fingerprint density at radius 1 is 1.26 bits per heavy atom. The van der Waals surface area contributed by atoms with Gasteiger partial charge in [0.15, 0.2) is 5.96 Å². The van der Waals surface area contributed by atoms with Crippen molar-refractivity contribution >= 4 is 5.96 Å². The van der Waals surface area contributed by atoms with E-state index in [1.807, 2.05) is 0 Å². The van der Waals surface area contributed by atoms with Crippen LogP contribution in [0.2, 0.25) is 0 Å². The van der Waals surface area contributed by atoms with E-state index in [0.717, 1.165) is 77.4 Å². The van der Waals surface area contributed by atoms with E-state index in [1.54, 1.807) is 0 Å². The number of guanidine groups is 1. The Bertz CT molecular complexity index is 341. The quantitative estimate of drug-likeness (QED) is 0.340. The number of rotatable bonds is 11. The third kappa shape index (κ3) is 7.50. The molecular weight excluding hydrogens is 292 g/mol. The Labute approximate surface area is 141 Å². The van der Waals surface area contributed by atoms with Gasteiger partial charge in [-0.1, -0.05) is 6.92 Å². The highest BCUT2D eigenvalue weighted by Gasteiger charge is 2.27. The van der Waals surface area contributed by atoms with Gasteiger partial charge in [0, 0.05) is 45.4 Å². The molecular formula is C17H34N4O2. The standard InChI is InChI=1S/C17H34N4O2/c1-3-18-17(20-10-11-21(4-2)15-6-7-15)19-9-5-12-23-16-8-13-22-14-16/h15-16H,3-14H2,1-2H3,(H2,18,19,20). The zero-order valence-electron chi connectivity index (χ0n) is 14.9. The average molecular weight is 326 g/mol. The summed E-state index contributed by atoms with van der Waals surface area (Å²) in [4.78, 5) is 7.18. The smallest absolute Gasteiger partial charge is 0.191 e. The molecule has 0 aromatic carbocycles. The molecule has 1 aliphatic carbocycles. The van der Waals surface area contributed by atoms with Crippen molar-refractivity contribution in [1.29, 1.82) is 0 Å². The molecule has 0 aromatic rings. The van der Waals surface area contributed by atoms with Crippen LogP contribution in [0.4, 0.5) is 0 Å². The van der Waals surface area contributed by atoms with Gasteiger partial charge in [0.2, 0.25) is 0 Å². The summed E-state index contributed by atoms with van der Waals surface area (Å²) >= 11 is 0. The lowest BCUT2D eigenvalue weighted by Gasteiger charge is -2.20. The van der Waals surface area contributed by atoms with E-state index in [4.69, 9.17) is 9.47 Å². The predicted molar refractivity (Wildman–Crippen MR) is 94.0 cm³/mol. The van der Waals surface area contributed by atoms with Gasteiger partial charge in [0.05, 0.1) is 12.7 Å². The van der Waals surface area contributed by atoms with Crippen LogP contribution >= 0.6 is 0 Å². The number of nitrogens with zero attached hydrogens (tertiary/aromatic N) is 2. The van der Waals surface area contributed by atoms with Crippen LogP contribution in [0.5, 0.6) is 0 Å². The van der Waals surface area contributed by atoms with E-state index in [9.17, 15) is 0 Å². The Morgan fingerprint density at radius 3 is 2.78 bits per heavy atom. The number of ether oxygens (including phenoxy) is 2. The number of likely N-dealkylation sites (N-methyl/N-ethyl adjacent to an activating group) is 1. The normalized spacial score (nSPS) is 21.9. The Balaban J connectivity index is 1.57. The van der Waals surface area contributed by atoms with Gasteiger partial charge >= 0.3 is 0 Å².